The fourth-order valence-corrected chi connectivity index (χ4v) is 2.74. The lowest BCUT2D eigenvalue weighted by atomic mass is 10.2. The zero-order valence-electron chi connectivity index (χ0n) is 11.9. The summed E-state index contributed by atoms with van der Waals surface area (Å²) in [5.41, 5.74) is 1.94. The summed E-state index contributed by atoms with van der Waals surface area (Å²) < 4.78 is 6.66. The monoisotopic (exact) mass is 310 g/mol. The second-order valence-electron chi connectivity index (χ2n) is 4.93. The van der Waals surface area contributed by atoms with Crippen LogP contribution in [0.25, 0.3) is 0 Å². The molecule has 0 amide bonds. The lowest BCUT2D eigenvalue weighted by Crippen LogP contribution is -2.23. The Morgan fingerprint density at radius 2 is 2.10 bits per heavy atom. The van der Waals surface area contributed by atoms with Gasteiger partial charge in [-0.15, -0.1) is 11.3 Å². The Morgan fingerprint density at radius 1 is 1.30 bits per heavy atom. The summed E-state index contributed by atoms with van der Waals surface area (Å²) in [6, 6.07) is 8.24. The highest BCUT2D eigenvalue weighted by atomic mass is 35.5. The fourth-order valence-electron chi connectivity index (χ4n) is 1.73. The van der Waals surface area contributed by atoms with E-state index in [1.54, 1.807) is 0 Å². The zero-order chi connectivity index (χ0) is 14.5. The van der Waals surface area contributed by atoms with Crippen molar-refractivity contribution in [2.24, 2.45) is 0 Å². The molecule has 0 radical (unpaired) electrons. The molecule has 0 saturated heterocycles. The van der Waals surface area contributed by atoms with Crippen molar-refractivity contribution in [3.63, 3.8) is 0 Å². The first-order valence-corrected chi connectivity index (χ1v) is 7.81. The Hall–Kier alpha value is -1.10. The first-order chi connectivity index (χ1) is 9.54. The Kier molecular flexibility index (Phi) is 5.40. The first-order valence-electron chi connectivity index (χ1n) is 6.61. The van der Waals surface area contributed by atoms with Gasteiger partial charge in [-0.3, -0.25) is 4.98 Å². The summed E-state index contributed by atoms with van der Waals surface area (Å²) in [6.45, 7) is 7.45. The predicted octanol–water partition coefficient (Wildman–Crippen LogP) is 4.18. The molecule has 2 heterocycles. The number of aryl methyl sites for hydroxylation is 1. The van der Waals surface area contributed by atoms with Crippen LogP contribution >= 0.6 is 22.9 Å². The van der Waals surface area contributed by atoms with Crippen molar-refractivity contribution in [2.45, 2.75) is 40.0 Å². The number of pyridine rings is 1. The molecule has 2 aromatic heterocycles. The lowest BCUT2D eigenvalue weighted by Gasteiger charge is -2.13. The highest BCUT2D eigenvalue weighted by molar-refractivity contribution is 7.16. The van der Waals surface area contributed by atoms with Crippen molar-refractivity contribution in [3.05, 3.63) is 44.9 Å². The van der Waals surface area contributed by atoms with Gasteiger partial charge in [0.15, 0.2) is 0 Å². The number of thiophene rings is 1. The van der Waals surface area contributed by atoms with E-state index in [-0.39, 0.29) is 0 Å². The van der Waals surface area contributed by atoms with E-state index in [0.29, 0.717) is 19.2 Å². The molecule has 0 aliphatic rings. The van der Waals surface area contributed by atoms with E-state index in [2.05, 4.69) is 24.1 Å². The maximum Gasteiger partial charge on any atom is 0.142 e. The fraction of sp³-hybridized carbons (Fsp3) is 0.400. The van der Waals surface area contributed by atoms with E-state index in [4.69, 9.17) is 16.3 Å². The van der Waals surface area contributed by atoms with Crippen molar-refractivity contribution in [1.82, 2.24) is 10.3 Å². The van der Waals surface area contributed by atoms with Crippen molar-refractivity contribution < 1.29 is 4.74 Å². The molecule has 0 saturated carbocycles. The molecule has 1 N–H and O–H groups in total. The molecule has 0 aromatic carbocycles. The number of halogens is 1. The van der Waals surface area contributed by atoms with Gasteiger partial charge in [0.25, 0.3) is 0 Å². The lowest BCUT2D eigenvalue weighted by molar-refractivity contribution is 0.303. The summed E-state index contributed by atoms with van der Waals surface area (Å²) in [5, 5.41) is 3.37. The van der Waals surface area contributed by atoms with E-state index in [1.165, 1.54) is 11.3 Å². The topological polar surface area (TPSA) is 34.1 Å². The summed E-state index contributed by atoms with van der Waals surface area (Å²) in [7, 11) is 0. The third-order valence-electron chi connectivity index (χ3n) is 2.75. The normalized spacial score (nSPS) is 11.1. The van der Waals surface area contributed by atoms with Crippen LogP contribution in [-0.4, -0.2) is 11.0 Å². The van der Waals surface area contributed by atoms with Crippen molar-refractivity contribution in [2.75, 3.05) is 0 Å². The van der Waals surface area contributed by atoms with Gasteiger partial charge >= 0.3 is 0 Å². The molecule has 0 spiro atoms. The van der Waals surface area contributed by atoms with E-state index >= 15 is 0 Å². The number of nitrogens with zero attached hydrogens (tertiary/aromatic N) is 1. The number of ether oxygens (including phenoxy) is 1. The first kappa shape index (κ1) is 15.3. The van der Waals surface area contributed by atoms with Crippen LogP contribution in [0.4, 0.5) is 0 Å². The predicted molar refractivity (Wildman–Crippen MR) is 84.6 cm³/mol. The smallest absolute Gasteiger partial charge is 0.142 e. The molecule has 2 rings (SSSR count). The molecule has 0 bridgehead atoms. The average molecular weight is 311 g/mol. The number of rotatable bonds is 6. The van der Waals surface area contributed by atoms with E-state index in [9.17, 15) is 0 Å². The van der Waals surface area contributed by atoms with E-state index in [1.807, 2.05) is 31.2 Å². The summed E-state index contributed by atoms with van der Waals surface area (Å²) >= 11 is 7.46. The van der Waals surface area contributed by atoms with Gasteiger partial charge in [-0.05, 0) is 31.2 Å². The third-order valence-corrected chi connectivity index (χ3v) is 3.95. The van der Waals surface area contributed by atoms with E-state index in [0.717, 1.165) is 26.4 Å². The number of nitrogens with one attached hydrogen (secondary N) is 1. The van der Waals surface area contributed by atoms with Gasteiger partial charge in [0.1, 0.15) is 12.4 Å². The molecule has 3 nitrogen and oxygen atoms in total. The van der Waals surface area contributed by atoms with Crippen LogP contribution in [0.15, 0.2) is 24.3 Å². The number of aromatic nitrogens is 1. The van der Waals surface area contributed by atoms with Crippen LogP contribution < -0.4 is 10.1 Å². The SMILES string of the molecule is Cc1ccc(OCc2ccc(Cl)s2)c(CNC(C)C)n1. The third kappa shape index (κ3) is 4.47. The minimum atomic E-state index is 0.418. The van der Waals surface area contributed by atoms with Crippen LogP contribution in [0.2, 0.25) is 4.34 Å². The quantitative estimate of drug-likeness (QED) is 0.869. The van der Waals surface area contributed by atoms with Crippen LogP contribution in [-0.2, 0) is 13.2 Å². The highest BCUT2D eigenvalue weighted by Gasteiger charge is 2.08. The Morgan fingerprint density at radius 3 is 2.75 bits per heavy atom. The van der Waals surface area contributed by atoms with Crippen LogP contribution in [0.1, 0.15) is 30.1 Å². The van der Waals surface area contributed by atoms with Gasteiger partial charge in [0, 0.05) is 23.2 Å². The highest BCUT2D eigenvalue weighted by Crippen LogP contribution is 2.24. The Labute approximate surface area is 129 Å². The Balaban J connectivity index is 2.05. The number of hydrogen-bond donors (Lipinski definition) is 1. The van der Waals surface area contributed by atoms with Gasteiger partial charge < -0.3 is 10.1 Å². The summed E-state index contributed by atoms with van der Waals surface area (Å²) in [6.07, 6.45) is 0. The van der Waals surface area contributed by atoms with Gasteiger partial charge in [-0.1, -0.05) is 25.4 Å². The minimum absolute atomic E-state index is 0.418. The molecular formula is C15H19ClN2OS. The summed E-state index contributed by atoms with van der Waals surface area (Å²) in [4.78, 5) is 5.66. The molecule has 0 fully saturated rings. The molecule has 20 heavy (non-hydrogen) atoms. The average Bonchev–Trinajstić information content (AvgIpc) is 2.81. The second kappa shape index (κ2) is 7.07. The molecule has 108 valence electrons. The molecule has 0 atom stereocenters. The molecule has 0 aliphatic carbocycles. The van der Waals surface area contributed by atoms with Gasteiger partial charge in [-0.2, -0.15) is 0 Å². The summed E-state index contributed by atoms with van der Waals surface area (Å²) in [5.74, 6) is 0.827. The molecule has 5 heteroatoms. The Bertz CT molecular complexity index is 569. The molecular weight excluding hydrogens is 292 g/mol. The maximum absolute atomic E-state index is 5.92. The van der Waals surface area contributed by atoms with Crippen molar-refractivity contribution in [1.29, 1.82) is 0 Å². The molecule has 0 unspecified atom stereocenters. The van der Waals surface area contributed by atoms with Crippen LogP contribution in [0, 0.1) is 6.92 Å². The van der Waals surface area contributed by atoms with Gasteiger partial charge in [0.05, 0.1) is 10.0 Å². The second-order valence-corrected chi connectivity index (χ2v) is 6.73. The maximum atomic E-state index is 5.92. The minimum Gasteiger partial charge on any atom is -0.486 e. The van der Waals surface area contributed by atoms with Gasteiger partial charge in [-0.25, -0.2) is 0 Å². The van der Waals surface area contributed by atoms with Crippen LogP contribution in [0.5, 0.6) is 5.75 Å². The standard InChI is InChI=1S/C15H19ClN2OS/c1-10(2)17-8-13-14(6-4-11(3)18-13)19-9-12-5-7-15(16)20-12/h4-7,10,17H,8-9H2,1-3H3. The van der Waals surface area contributed by atoms with Crippen molar-refractivity contribution in [3.8, 4) is 5.75 Å². The van der Waals surface area contributed by atoms with E-state index < -0.39 is 0 Å². The molecule has 0 aliphatic heterocycles. The number of hydrogen-bond acceptors (Lipinski definition) is 4. The largest absolute Gasteiger partial charge is 0.486 e. The van der Waals surface area contributed by atoms with Gasteiger partial charge in [0.2, 0.25) is 0 Å². The molecule has 2 aromatic rings. The van der Waals surface area contributed by atoms with Crippen molar-refractivity contribution >= 4 is 22.9 Å². The van der Waals surface area contributed by atoms with Crippen LogP contribution in [0.3, 0.4) is 0 Å². The zero-order valence-corrected chi connectivity index (χ0v) is 13.5.